The first kappa shape index (κ1) is 18.7. The number of benzene rings is 2. The molecule has 0 atom stereocenters. The topological polar surface area (TPSA) is 71.5 Å². The van der Waals surface area contributed by atoms with Gasteiger partial charge in [0.25, 0.3) is 11.8 Å². The van der Waals surface area contributed by atoms with E-state index in [1.54, 1.807) is 23.1 Å². The average molecular weight is 387 g/mol. The van der Waals surface area contributed by atoms with Crippen molar-refractivity contribution in [2.75, 3.05) is 23.4 Å². The Morgan fingerprint density at radius 3 is 2.76 bits per heavy atom. The predicted molar refractivity (Wildman–Crippen MR) is 112 cm³/mol. The van der Waals surface area contributed by atoms with Crippen molar-refractivity contribution in [2.45, 2.75) is 13.3 Å². The number of hydrogen-bond acceptors (Lipinski definition) is 4. The Bertz CT molecular complexity index is 1060. The quantitative estimate of drug-likeness (QED) is 0.720. The van der Waals surface area contributed by atoms with Crippen LogP contribution in [0.2, 0.25) is 0 Å². The van der Waals surface area contributed by atoms with Crippen LogP contribution in [-0.4, -0.2) is 29.9 Å². The van der Waals surface area contributed by atoms with Crippen molar-refractivity contribution in [1.82, 2.24) is 4.98 Å². The molecule has 29 heavy (non-hydrogen) atoms. The molecule has 1 aliphatic heterocycles. The van der Waals surface area contributed by atoms with Crippen LogP contribution in [0.4, 0.5) is 11.4 Å². The van der Waals surface area contributed by atoms with Crippen molar-refractivity contribution >= 4 is 23.2 Å². The van der Waals surface area contributed by atoms with Crippen LogP contribution in [0.5, 0.6) is 5.75 Å². The Morgan fingerprint density at radius 2 is 1.90 bits per heavy atom. The average Bonchev–Trinajstić information content (AvgIpc) is 3.19. The van der Waals surface area contributed by atoms with E-state index in [0.717, 1.165) is 17.7 Å². The van der Waals surface area contributed by atoms with E-state index in [1.165, 1.54) is 12.3 Å². The van der Waals surface area contributed by atoms with Gasteiger partial charge in [0.15, 0.2) is 0 Å². The number of anilines is 2. The summed E-state index contributed by atoms with van der Waals surface area (Å²) in [6.45, 7) is 2.99. The Hall–Kier alpha value is -3.67. The summed E-state index contributed by atoms with van der Waals surface area (Å²) in [5.74, 6) is 0.0668. The molecular weight excluding hydrogens is 366 g/mol. The number of nitrogens with zero attached hydrogens (tertiary/aromatic N) is 2. The van der Waals surface area contributed by atoms with E-state index in [0.29, 0.717) is 30.2 Å². The lowest BCUT2D eigenvalue weighted by molar-refractivity contribution is 0.0984. The van der Waals surface area contributed by atoms with Gasteiger partial charge < -0.3 is 15.0 Å². The first-order valence-corrected chi connectivity index (χ1v) is 9.56. The molecule has 0 saturated heterocycles. The Kier molecular flexibility index (Phi) is 5.24. The van der Waals surface area contributed by atoms with E-state index >= 15 is 0 Å². The monoisotopic (exact) mass is 387 g/mol. The highest BCUT2D eigenvalue weighted by molar-refractivity contribution is 6.09. The van der Waals surface area contributed by atoms with Gasteiger partial charge in [-0.15, -0.1) is 0 Å². The SMILES string of the molecule is CCOc1ccccc1NC(=O)c1ccnc(C(=O)N2CCc3ccccc32)c1. The Balaban J connectivity index is 1.55. The summed E-state index contributed by atoms with van der Waals surface area (Å²) in [7, 11) is 0. The van der Waals surface area contributed by atoms with Crippen LogP contribution < -0.4 is 15.0 Å². The van der Waals surface area contributed by atoms with E-state index in [1.807, 2.05) is 43.3 Å². The summed E-state index contributed by atoms with van der Waals surface area (Å²) in [6, 6.07) is 18.2. The third kappa shape index (κ3) is 3.82. The van der Waals surface area contributed by atoms with E-state index < -0.39 is 0 Å². The van der Waals surface area contributed by atoms with Gasteiger partial charge in [-0.1, -0.05) is 30.3 Å². The molecule has 0 saturated carbocycles. The Morgan fingerprint density at radius 1 is 1.10 bits per heavy atom. The van der Waals surface area contributed by atoms with E-state index in [2.05, 4.69) is 10.3 Å². The number of hydrogen-bond donors (Lipinski definition) is 1. The number of carbonyl (C=O) groups excluding carboxylic acids is 2. The number of nitrogens with one attached hydrogen (secondary N) is 1. The van der Waals surface area contributed by atoms with Gasteiger partial charge in [0.2, 0.25) is 0 Å². The van der Waals surface area contributed by atoms with Crippen LogP contribution in [0, 0.1) is 0 Å². The normalized spacial score (nSPS) is 12.4. The van der Waals surface area contributed by atoms with Gasteiger partial charge in [-0.2, -0.15) is 0 Å². The predicted octanol–water partition coefficient (Wildman–Crippen LogP) is 3.94. The minimum Gasteiger partial charge on any atom is -0.492 e. The van der Waals surface area contributed by atoms with Crippen molar-refractivity contribution < 1.29 is 14.3 Å². The van der Waals surface area contributed by atoms with Crippen LogP contribution in [0.3, 0.4) is 0 Å². The molecule has 2 aromatic carbocycles. The van der Waals surface area contributed by atoms with Crippen molar-refractivity contribution in [3.05, 3.63) is 83.7 Å². The highest BCUT2D eigenvalue weighted by atomic mass is 16.5. The van der Waals surface area contributed by atoms with Crippen LogP contribution in [0.1, 0.15) is 33.3 Å². The summed E-state index contributed by atoms with van der Waals surface area (Å²) in [5.41, 5.74) is 3.23. The molecule has 0 bridgehead atoms. The number of fused-ring (bicyclic) bond motifs is 1. The lowest BCUT2D eigenvalue weighted by Gasteiger charge is -2.17. The fourth-order valence-corrected chi connectivity index (χ4v) is 3.42. The van der Waals surface area contributed by atoms with Crippen LogP contribution in [0.15, 0.2) is 66.9 Å². The molecule has 1 N–H and O–H groups in total. The number of ether oxygens (including phenoxy) is 1. The summed E-state index contributed by atoms with van der Waals surface area (Å²) in [6.07, 6.45) is 2.30. The molecule has 0 radical (unpaired) electrons. The standard InChI is InChI=1S/C23H21N3O3/c1-2-29-21-10-6-4-8-18(21)25-22(27)17-11-13-24-19(15-17)23(28)26-14-12-16-7-3-5-9-20(16)26/h3-11,13,15H,2,12,14H2,1H3,(H,25,27). The molecule has 2 heterocycles. The zero-order chi connectivity index (χ0) is 20.2. The second-order valence-corrected chi connectivity index (χ2v) is 6.65. The smallest absolute Gasteiger partial charge is 0.276 e. The molecule has 1 aromatic heterocycles. The number of para-hydroxylation sites is 3. The first-order valence-electron chi connectivity index (χ1n) is 9.56. The second kappa shape index (κ2) is 8.14. The van der Waals surface area contributed by atoms with Crippen LogP contribution in [-0.2, 0) is 6.42 Å². The molecule has 0 unspecified atom stereocenters. The van der Waals surface area contributed by atoms with Crippen molar-refractivity contribution in [3.63, 3.8) is 0 Å². The van der Waals surface area contributed by atoms with Gasteiger partial charge in [-0.05, 0) is 49.2 Å². The maximum atomic E-state index is 13.0. The third-order valence-electron chi connectivity index (χ3n) is 4.81. The minimum absolute atomic E-state index is 0.209. The van der Waals surface area contributed by atoms with Crippen LogP contribution >= 0.6 is 0 Å². The highest BCUT2D eigenvalue weighted by Gasteiger charge is 2.26. The van der Waals surface area contributed by atoms with Gasteiger partial charge in [-0.25, -0.2) is 0 Å². The molecule has 4 rings (SSSR count). The second-order valence-electron chi connectivity index (χ2n) is 6.65. The lowest BCUT2D eigenvalue weighted by Crippen LogP contribution is -2.30. The Labute approximate surface area is 169 Å². The van der Waals surface area contributed by atoms with Crippen molar-refractivity contribution in [2.24, 2.45) is 0 Å². The fraction of sp³-hybridized carbons (Fsp3) is 0.174. The summed E-state index contributed by atoms with van der Waals surface area (Å²) in [4.78, 5) is 31.6. The zero-order valence-electron chi connectivity index (χ0n) is 16.1. The first-order chi connectivity index (χ1) is 14.2. The number of amides is 2. The molecule has 6 nitrogen and oxygen atoms in total. The molecule has 0 fully saturated rings. The lowest BCUT2D eigenvalue weighted by atomic mass is 10.1. The van der Waals surface area contributed by atoms with Crippen molar-refractivity contribution in [3.8, 4) is 5.75 Å². The molecule has 6 heteroatoms. The van der Waals surface area contributed by atoms with Gasteiger partial charge in [0, 0.05) is 24.0 Å². The van der Waals surface area contributed by atoms with Crippen LogP contribution in [0.25, 0.3) is 0 Å². The molecule has 146 valence electrons. The zero-order valence-corrected chi connectivity index (χ0v) is 16.1. The molecule has 0 spiro atoms. The molecule has 3 aromatic rings. The summed E-state index contributed by atoms with van der Waals surface area (Å²) < 4.78 is 5.55. The molecular formula is C23H21N3O3. The van der Waals surface area contributed by atoms with Gasteiger partial charge in [0.05, 0.1) is 12.3 Å². The van der Waals surface area contributed by atoms with Gasteiger partial charge >= 0.3 is 0 Å². The molecule has 0 aliphatic carbocycles. The van der Waals surface area contributed by atoms with Gasteiger partial charge in [0.1, 0.15) is 11.4 Å². The molecule has 2 amide bonds. The highest BCUT2D eigenvalue weighted by Crippen LogP contribution is 2.29. The maximum absolute atomic E-state index is 13.0. The summed E-state index contributed by atoms with van der Waals surface area (Å²) in [5, 5.41) is 2.85. The number of rotatable bonds is 5. The summed E-state index contributed by atoms with van der Waals surface area (Å²) >= 11 is 0. The number of aromatic nitrogens is 1. The maximum Gasteiger partial charge on any atom is 0.276 e. The van der Waals surface area contributed by atoms with Gasteiger partial charge in [-0.3, -0.25) is 14.6 Å². The fourth-order valence-electron chi connectivity index (χ4n) is 3.42. The van der Waals surface area contributed by atoms with Crippen molar-refractivity contribution in [1.29, 1.82) is 0 Å². The largest absolute Gasteiger partial charge is 0.492 e. The molecule has 1 aliphatic rings. The van der Waals surface area contributed by atoms with E-state index in [4.69, 9.17) is 4.74 Å². The van der Waals surface area contributed by atoms with E-state index in [-0.39, 0.29) is 17.5 Å². The third-order valence-corrected chi connectivity index (χ3v) is 4.81. The number of carbonyl (C=O) groups is 2. The van der Waals surface area contributed by atoms with E-state index in [9.17, 15) is 9.59 Å². The minimum atomic E-state index is -0.324. The number of pyridine rings is 1.